The highest BCUT2D eigenvalue weighted by molar-refractivity contribution is 5.75. The van der Waals surface area contributed by atoms with Gasteiger partial charge in [0.1, 0.15) is 12.9 Å². The fraction of sp³-hybridized carbons (Fsp3) is 0.182. The van der Waals surface area contributed by atoms with Gasteiger partial charge in [-0.3, -0.25) is 4.79 Å². The molecule has 19 heavy (non-hydrogen) atoms. The lowest BCUT2D eigenvalue weighted by Gasteiger charge is -2.06. The summed E-state index contributed by atoms with van der Waals surface area (Å²) in [7, 11) is 0. The third-order valence-electron chi connectivity index (χ3n) is 2.70. The van der Waals surface area contributed by atoms with Gasteiger partial charge in [-0.2, -0.15) is 5.10 Å². The molecule has 0 atom stereocenters. The highest BCUT2D eigenvalue weighted by atomic mass is 16.2. The number of rotatable bonds is 4. The molecule has 0 aliphatic heterocycles. The summed E-state index contributed by atoms with van der Waals surface area (Å²) in [6.45, 7) is 0.548. The quantitative estimate of drug-likeness (QED) is 0.689. The van der Waals surface area contributed by atoms with Gasteiger partial charge >= 0.3 is 0 Å². The number of nitrogens with one attached hydrogen (secondary N) is 1. The number of aromatic nitrogens is 6. The number of tetrazole rings is 1. The van der Waals surface area contributed by atoms with Crippen molar-refractivity contribution in [1.82, 2.24) is 35.1 Å². The van der Waals surface area contributed by atoms with E-state index in [2.05, 4.69) is 25.9 Å². The molecule has 8 heteroatoms. The van der Waals surface area contributed by atoms with Crippen molar-refractivity contribution in [3.63, 3.8) is 0 Å². The smallest absolute Gasteiger partial charge is 0.242 e. The fourth-order valence-corrected chi connectivity index (χ4v) is 1.81. The second-order valence-corrected chi connectivity index (χ2v) is 3.98. The van der Waals surface area contributed by atoms with Gasteiger partial charge in [-0.05, 0) is 28.1 Å². The van der Waals surface area contributed by atoms with Gasteiger partial charge in [-0.15, -0.1) is 5.10 Å². The van der Waals surface area contributed by atoms with E-state index in [1.165, 1.54) is 11.0 Å². The largest absolute Gasteiger partial charge is 0.350 e. The molecule has 96 valence electrons. The number of carbonyl (C=O) groups is 1. The Labute approximate surface area is 108 Å². The second-order valence-electron chi connectivity index (χ2n) is 3.98. The molecule has 3 aromatic heterocycles. The summed E-state index contributed by atoms with van der Waals surface area (Å²) in [6.07, 6.45) is 4.99. The van der Waals surface area contributed by atoms with Crippen LogP contribution in [0.5, 0.6) is 0 Å². The number of hydrogen-bond acceptors (Lipinski definition) is 5. The molecule has 0 saturated heterocycles. The Morgan fingerprint density at radius 1 is 1.37 bits per heavy atom. The molecule has 8 nitrogen and oxygen atoms in total. The first kappa shape index (κ1) is 11.3. The molecule has 3 heterocycles. The molecule has 0 saturated carbocycles. The van der Waals surface area contributed by atoms with Crippen LogP contribution in [0.3, 0.4) is 0 Å². The summed E-state index contributed by atoms with van der Waals surface area (Å²) in [4.78, 5) is 11.7. The van der Waals surface area contributed by atoms with Crippen molar-refractivity contribution in [3.05, 3.63) is 42.5 Å². The maximum atomic E-state index is 11.7. The number of carbonyl (C=O) groups excluding carboxylic acids is 1. The molecule has 0 bridgehead atoms. The van der Waals surface area contributed by atoms with E-state index < -0.39 is 0 Å². The van der Waals surface area contributed by atoms with Gasteiger partial charge in [-0.25, -0.2) is 9.20 Å². The number of hydrogen-bond donors (Lipinski definition) is 1. The average molecular weight is 257 g/mol. The van der Waals surface area contributed by atoms with Gasteiger partial charge < -0.3 is 5.32 Å². The van der Waals surface area contributed by atoms with Crippen LogP contribution in [0, 0.1) is 0 Å². The summed E-state index contributed by atoms with van der Waals surface area (Å²) < 4.78 is 3.14. The van der Waals surface area contributed by atoms with Crippen LogP contribution in [0.1, 0.15) is 5.56 Å². The number of amides is 1. The lowest BCUT2D eigenvalue weighted by atomic mass is 10.2. The van der Waals surface area contributed by atoms with Crippen molar-refractivity contribution in [3.8, 4) is 0 Å². The lowest BCUT2D eigenvalue weighted by molar-refractivity contribution is -0.122. The minimum atomic E-state index is -0.145. The Morgan fingerprint density at radius 2 is 2.32 bits per heavy atom. The Balaban J connectivity index is 1.66. The zero-order chi connectivity index (χ0) is 13.1. The van der Waals surface area contributed by atoms with E-state index in [0.717, 1.165) is 11.1 Å². The monoisotopic (exact) mass is 257 g/mol. The fourth-order valence-electron chi connectivity index (χ4n) is 1.81. The standard InChI is InChI=1S/C11H11N7O/c19-11(7-17-8-13-15-16-17)12-6-9-2-1-5-18-10(9)3-4-14-18/h1-5,8H,6-7H2,(H,12,19). The van der Waals surface area contributed by atoms with Gasteiger partial charge in [-0.1, -0.05) is 6.07 Å². The summed E-state index contributed by atoms with van der Waals surface area (Å²) in [5, 5.41) is 17.5. The molecule has 3 rings (SSSR count). The van der Waals surface area contributed by atoms with Crippen LogP contribution < -0.4 is 5.32 Å². The zero-order valence-electron chi connectivity index (χ0n) is 9.97. The molecule has 0 aromatic carbocycles. The molecule has 0 aliphatic carbocycles. The first-order valence-corrected chi connectivity index (χ1v) is 5.71. The molecule has 1 amide bonds. The summed E-state index contributed by atoms with van der Waals surface area (Å²) >= 11 is 0. The first-order chi connectivity index (χ1) is 9.33. The zero-order valence-corrected chi connectivity index (χ0v) is 9.97. The van der Waals surface area contributed by atoms with E-state index in [1.807, 2.05) is 24.4 Å². The normalized spacial score (nSPS) is 10.7. The van der Waals surface area contributed by atoms with Crippen LogP contribution in [0.15, 0.2) is 36.9 Å². The molecule has 1 N–H and O–H groups in total. The van der Waals surface area contributed by atoms with E-state index in [9.17, 15) is 4.79 Å². The van der Waals surface area contributed by atoms with Gasteiger partial charge in [0, 0.05) is 18.9 Å². The van der Waals surface area contributed by atoms with Crippen LogP contribution >= 0.6 is 0 Å². The van der Waals surface area contributed by atoms with E-state index in [-0.39, 0.29) is 12.5 Å². The van der Waals surface area contributed by atoms with E-state index in [1.54, 1.807) is 10.7 Å². The predicted molar refractivity (Wildman–Crippen MR) is 64.9 cm³/mol. The Hall–Kier alpha value is -2.77. The van der Waals surface area contributed by atoms with E-state index in [0.29, 0.717) is 6.54 Å². The molecule has 0 unspecified atom stereocenters. The number of nitrogens with zero attached hydrogens (tertiary/aromatic N) is 6. The third-order valence-corrected chi connectivity index (χ3v) is 2.70. The van der Waals surface area contributed by atoms with E-state index >= 15 is 0 Å². The highest BCUT2D eigenvalue weighted by Gasteiger charge is 2.06. The molecule has 0 radical (unpaired) electrons. The van der Waals surface area contributed by atoms with Crippen molar-refractivity contribution in [2.24, 2.45) is 0 Å². The molecule has 0 aliphatic rings. The van der Waals surface area contributed by atoms with Gasteiger partial charge in [0.15, 0.2) is 0 Å². The van der Waals surface area contributed by atoms with Crippen LogP contribution in [0.4, 0.5) is 0 Å². The van der Waals surface area contributed by atoms with Crippen molar-refractivity contribution in [1.29, 1.82) is 0 Å². The molecular formula is C11H11N7O. The molecule has 3 aromatic rings. The molecule has 0 spiro atoms. The van der Waals surface area contributed by atoms with Crippen LogP contribution in [0.2, 0.25) is 0 Å². The minimum Gasteiger partial charge on any atom is -0.350 e. The Morgan fingerprint density at radius 3 is 3.16 bits per heavy atom. The summed E-state index contributed by atoms with van der Waals surface area (Å²) in [5.74, 6) is -0.145. The van der Waals surface area contributed by atoms with E-state index in [4.69, 9.17) is 0 Å². The highest BCUT2D eigenvalue weighted by Crippen LogP contribution is 2.09. The number of fused-ring (bicyclic) bond motifs is 1. The van der Waals surface area contributed by atoms with Crippen molar-refractivity contribution in [2.45, 2.75) is 13.1 Å². The summed E-state index contributed by atoms with van der Waals surface area (Å²) in [6, 6.07) is 5.75. The minimum absolute atomic E-state index is 0.107. The van der Waals surface area contributed by atoms with Gasteiger partial charge in [0.05, 0.1) is 5.52 Å². The Bertz CT molecular complexity index is 688. The predicted octanol–water partition coefficient (Wildman–Crippen LogP) is -0.363. The van der Waals surface area contributed by atoms with Gasteiger partial charge in [0.25, 0.3) is 0 Å². The van der Waals surface area contributed by atoms with Crippen molar-refractivity contribution < 1.29 is 4.79 Å². The van der Waals surface area contributed by atoms with Crippen LogP contribution in [0.25, 0.3) is 5.52 Å². The maximum Gasteiger partial charge on any atom is 0.242 e. The maximum absolute atomic E-state index is 11.7. The Kier molecular flexibility index (Phi) is 2.89. The topological polar surface area (TPSA) is 90.0 Å². The number of pyridine rings is 1. The van der Waals surface area contributed by atoms with Gasteiger partial charge in [0.2, 0.25) is 5.91 Å². The average Bonchev–Trinajstić information content (AvgIpc) is 3.06. The van der Waals surface area contributed by atoms with Crippen LogP contribution in [-0.2, 0) is 17.9 Å². The van der Waals surface area contributed by atoms with Crippen molar-refractivity contribution >= 4 is 11.4 Å². The molecular weight excluding hydrogens is 246 g/mol. The lowest BCUT2D eigenvalue weighted by Crippen LogP contribution is -2.27. The SMILES string of the molecule is O=C(Cn1cnnn1)NCc1cccn2nccc12. The van der Waals surface area contributed by atoms with Crippen molar-refractivity contribution in [2.75, 3.05) is 0 Å². The van der Waals surface area contributed by atoms with Crippen LogP contribution in [-0.4, -0.2) is 35.7 Å². The third kappa shape index (κ3) is 2.41. The first-order valence-electron chi connectivity index (χ1n) is 5.71. The summed E-state index contributed by atoms with van der Waals surface area (Å²) in [5.41, 5.74) is 1.98. The molecule has 0 fully saturated rings. The second kappa shape index (κ2) is 4.84.